The number of likely N-dealkylation sites (N-methyl/N-ethyl adjacent to an activating group) is 1. The van der Waals surface area contributed by atoms with E-state index in [1.54, 1.807) is 6.20 Å². The summed E-state index contributed by atoms with van der Waals surface area (Å²) in [5, 5.41) is 7.10. The standard InChI is InChI=1S/C15H25N3O2/c1-5-11(2)8-13(19)9-14-12(3)10-17-18(15(14)20)7-6-16-4/h10-11,16H,5-9H2,1-4H3. The van der Waals surface area contributed by atoms with Crippen LogP contribution in [0.15, 0.2) is 11.0 Å². The molecule has 1 rings (SSSR count). The lowest BCUT2D eigenvalue weighted by Crippen LogP contribution is -2.31. The number of ketones is 1. The van der Waals surface area contributed by atoms with Crippen LogP contribution in [0.2, 0.25) is 0 Å². The highest BCUT2D eigenvalue weighted by Crippen LogP contribution is 2.10. The van der Waals surface area contributed by atoms with Crippen LogP contribution in [0.25, 0.3) is 0 Å². The largest absolute Gasteiger partial charge is 0.318 e. The summed E-state index contributed by atoms with van der Waals surface area (Å²) in [5.74, 6) is 0.502. The van der Waals surface area contributed by atoms with Gasteiger partial charge in [0.15, 0.2) is 0 Å². The van der Waals surface area contributed by atoms with Crippen LogP contribution in [0.1, 0.15) is 37.8 Å². The van der Waals surface area contributed by atoms with Crippen LogP contribution in [0, 0.1) is 12.8 Å². The lowest BCUT2D eigenvalue weighted by atomic mass is 9.97. The molecule has 112 valence electrons. The SMILES string of the molecule is CCC(C)CC(=O)Cc1c(C)cnn(CCNC)c1=O. The number of carbonyl (C=O) groups is 1. The maximum absolute atomic E-state index is 12.3. The molecule has 5 heteroatoms. The second kappa shape index (κ2) is 7.94. The van der Waals surface area contributed by atoms with E-state index in [1.807, 2.05) is 14.0 Å². The number of carbonyl (C=O) groups excluding carboxylic acids is 1. The third kappa shape index (κ3) is 4.56. The number of aryl methyl sites for hydroxylation is 1. The minimum atomic E-state index is -0.141. The van der Waals surface area contributed by atoms with E-state index in [2.05, 4.69) is 24.3 Å². The second-order valence-electron chi connectivity index (χ2n) is 5.37. The molecule has 1 heterocycles. The molecule has 1 unspecified atom stereocenters. The molecule has 0 bridgehead atoms. The van der Waals surface area contributed by atoms with Gasteiger partial charge in [0.25, 0.3) is 5.56 Å². The molecule has 20 heavy (non-hydrogen) atoms. The highest BCUT2D eigenvalue weighted by Gasteiger charge is 2.14. The number of Topliss-reactive ketones (excluding diaryl/α,β-unsaturated/α-hetero) is 1. The van der Waals surface area contributed by atoms with Crippen molar-refractivity contribution in [2.45, 2.75) is 46.6 Å². The van der Waals surface area contributed by atoms with Gasteiger partial charge >= 0.3 is 0 Å². The summed E-state index contributed by atoms with van der Waals surface area (Å²) < 4.78 is 1.43. The van der Waals surface area contributed by atoms with E-state index < -0.39 is 0 Å². The number of hydrogen-bond acceptors (Lipinski definition) is 4. The van der Waals surface area contributed by atoms with Crippen molar-refractivity contribution in [2.75, 3.05) is 13.6 Å². The molecule has 1 atom stereocenters. The fourth-order valence-electron chi connectivity index (χ4n) is 2.01. The quantitative estimate of drug-likeness (QED) is 0.779. The van der Waals surface area contributed by atoms with Crippen LogP contribution in [0.4, 0.5) is 0 Å². The first-order valence-electron chi connectivity index (χ1n) is 7.21. The van der Waals surface area contributed by atoms with Gasteiger partial charge in [-0.15, -0.1) is 0 Å². The number of aromatic nitrogens is 2. The van der Waals surface area contributed by atoms with Crippen LogP contribution in [-0.2, 0) is 17.8 Å². The van der Waals surface area contributed by atoms with E-state index >= 15 is 0 Å². The Bertz CT molecular complexity index is 508. The third-order valence-corrected chi connectivity index (χ3v) is 3.58. The summed E-state index contributed by atoms with van der Waals surface area (Å²) in [4.78, 5) is 24.3. The lowest BCUT2D eigenvalue weighted by Gasteiger charge is -2.10. The molecule has 0 amide bonds. The maximum atomic E-state index is 12.3. The second-order valence-corrected chi connectivity index (χ2v) is 5.37. The summed E-state index contributed by atoms with van der Waals surface area (Å²) in [6.07, 6.45) is 3.40. The predicted molar refractivity (Wildman–Crippen MR) is 79.9 cm³/mol. The van der Waals surface area contributed by atoms with Gasteiger partial charge in [-0.1, -0.05) is 20.3 Å². The van der Waals surface area contributed by atoms with Crippen LogP contribution in [0.5, 0.6) is 0 Å². The Balaban J connectivity index is 2.88. The molecule has 0 fully saturated rings. The van der Waals surface area contributed by atoms with Crippen molar-refractivity contribution in [3.63, 3.8) is 0 Å². The smallest absolute Gasteiger partial charge is 0.270 e. The maximum Gasteiger partial charge on any atom is 0.270 e. The number of nitrogens with zero attached hydrogens (tertiary/aromatic N) is 2. The summed E-state index contributed by atoms with van der Waals surface area (Å²) in [6.45, 7) is 7.16. The molecule has 0 spiro atoms. The van der Waals surface area contributed by atoms with Crippen molar-refractivity contribution in [1.29, 1.82) is 0 Å². The van der Waals surface area contributed by atoms with Gasteiger partial charge in [-0.3, -0.25) is 9.59 Å². The Labute approximate surface area is 120 Å². The van der Waals surface area contributed by atoms with Crippen LogP contribution >= 0.6 is 0 Å². The number of nitrogens with one attached hydrogen (secondary N) is 1. The predicted octanol–water partition coefficient (Wildman–Crippen LogP) is 1.32. The highest BCUT2D eigenvalue weighted by molar-refractivity contribution is 5.81. The minimum Gasteiger partial charge on any atom is -0.318 e. The molecule has 5 nitrogen and oxygen atoms in total. The zero-order chi connectivity index (χ0) is 15.1. The first-order valence-corrected chi connectivity index (χ1v) is 7.21. The zero-order valence-corrected chi connectivity index (χ0v) is 12.9. The molecular weight excluding hydrogens is 254 g/mol. The van der Waals surface area contributed by atoms with Gasteiger partial charge in [-0.05, 0) is 25.5 Å². The Hall–Kier alpha value is -1.49. The molecule has 0 aliphatic heterocycles. The average Bonchev–Trinajstić information content (AvgIpc) is 2.42. The molecule has 0 saturated heterocycles. The molecule has 1 aromatic rings. The van der Waals surface area contributed by atoms with Crippen molar-refractivity contribution in [3.8, 4) is 0 Å². The van der Waals surface area contributed by atoms with Gasteiger partial charge in [0.05, 0.1) is 12.7 Å². The number of rotatable bonds is 8. The van der Waals surface area contributed by atoms with Crippen molar-refractivity contribution in [2.24, 2.45) is 5.92 Å². The molecule has 0 aliphatic rings. The molecule has 0 radical (unpaired) electrons. The minimum absolute atomic E-state index is 0.130. The molecular formula is C15H25N3O2. The van der Waals surface area contributed by atoms with Crippen LogP contribution in [0.3, 0.4) is 0 Å². The Morgan fingerprint density at radius 1 is 1.50 bits per heavy atom. The van der Waals surface area contributed by atoms with E-state index in [4.69, 9.17) is 0 Å². The summed E-state index contributed by atoms with van der Waals surface area (Å²) >= 11 is 0. The monoisotopic (exact) mass is 279 g/mol. The highest BCUT2D eigenvalue weighted by atomic mass is 16.1. The van der Waals surface area contributed by atoms with E-state index in [0.29, 0.717) is 31.0 Å². The zero-order valence-electron chi connectivity index (χ0n) is 12.9. The fraction of sp³-hybridized carbons (Fsp3) is 0.667. The topological polar surface area (TPSA) is 64.0 Å². The molecule has 0 aromatic carbocycles. The van der Waals surface area contributed by atoms with Crippen molar-refractivity contribution < 1.29 is 4.79 Å². The van der Waals surface area contributed by atoms with Crippen LogP contribution < -0.4 is 10.9 Å². The fourth-order valence-corrected chi connectivity index (χ4v) is 2.01. The van der Waals surface area contributed by atoms with E-state index in [-0.39, 0.29) is 17.8 Å². The van der Waals surface area contributed by atoms with Crippen molar-refractivity contribution in [1.82, 2.24) is 15.1 Å². The Morgan fingerprint density at radius 2 is 2.20 bits per heavy atom. The Morgan fingerprint density at radius 3 is 2.80 bits per heavy atom. The van der Waals surface area contributed by atoms with E-state index in [0.717, 1.165) is 12.0 Å². The molecule has 0 saturated carbocycles. The summed E-state index contributed by atoms with van der Waals surface area (Å²) in [5.41, 5.74) is 1.25. The summed E-state index contributed by atoms with van der Waals surface area (Å²) in [6, 6.07) is 0. The molecule has 0 aliphatic carbocycles. The first kappa shape index (κ1) is 16.6. The van der Waals surface area contributed by atoms with Gasteiger partial charge < -0.3 is 5.32 Å². The van der Waals surface area contributed by atoms with E-state index in [9.17, 15) is 9.59 Å². The van der Waals surface area contributed by atoms with Gasteiger partial charge in [-0.25, -0.2) is 4.68 Å². The van der Waals surface area contributed by atoms with Gasteiger partial charge in [0.2, 0.25) is 0 Å². The lowest BCUT2D eigenvalue weighted by molar-refractivity contribution is -0.119. The van der Waals surface area contributed by atoms with Gasteiger partial charge in [0, 0.05) is 24.9 Å². The summed E-state index contributed by atoms with van der Waals surface area (Å²) in [7, 11) is 1.83. The molecule has 1 aromatic heterocycles. The normalized spacial score (nSPS) is 12.4. The van der Waals surface area contributed by atoms with Crippen LogP contribution in [-0.4, -0.2) is 29.2 Å². The third-order valence-electron chi connectivity index (χ3n) is 3.58. The van der Waals surface area contributed by atoms with Gasteiger partial charge in [-0.2, -0.15) is 5.10 Å². The van der Waals surface area contributed by atoms with Crippen molar-refractivity contribution >= 4 is 5.78 Å². The Kier molecular flexibility index (Phi) is 6.58. The van der Waals surface area contributed by atoms with Crippen molar-refractivity contribution in [3.05, 3.63) is 27.7 Å². The molecule has 1 N–H and O–H groups in total. The van der Waals surface area contributed by atoms with Gasteiger partial charge in [0.1, 0.15) is 5.78 Å². The first-order chi connectivity index (χ1) is 9.49. The van der Waals surface area contributed by atoms with E-state index in [1.165, 1.54) is 4.68 Å². The average molecular weight is 279 g/mol. The number of hydrogen-bond donors (Lipinski definition) is 1.